The Bertz CT molecular complexity index is 424. The average Bonchev–Trinajstić information content (AvgIpc) is 2.56. The van der Waals surface area contributed by atoms with Crippen molar-refractivity contribution in [3.8, 4) is 6.07 Å². The summed E-state index contributed by atoms with van der Waals surface area (Å²) in [6.45, 7) is 1.94. The molecule has 0 aliphatic rings. The van der Waals surface area contributed by atoms with Gasteiger partial charge >= 0.3 is 5.97 Å². The Morgan fingerprint density at radius 2 is 2.04 bits per heavy atom. The number of methoxy groups -OCH3 is 1. The summed E-state index contributed by atoms with van der Waals surface area (Å²) < 4.78 is 14.6. The van der Waals surface area contributed by atoms with Gasteiger partial charge in [-0.1, -0.05) is 6.92 Å². The molecule has 0 aromatic carbocycles. The number of hydrogen-bond donors (Lipinski definition) is 1. The summed E-state index contributed by atoms with van der Waals surface area (Å²) in [5.74, 6) is -1.40. The molecule has 0 aliphatic carbocycles. The Hall–Kier alpha value is -1.55. The van der Waals surface area contributed by atoms with E-state index in [2.05, 4.69) is 10.1 Å². The highest BCUT2D eigenvalue weighted by atomic mass is 31.1. The van der Waals surface area contributed by atoms with E-state index in [0.717, 1.165) is 0 Å². The van der Waals surface area contributed by atoms with Gasteiger partial charge in [-0.15, -0.1) is 0 Å². The van der Waals surface area contributed by atoms with Gasteiger partial charge in [0.05, 0.1) is 26.2 Å². The highest BCUT2D eigenvalue weighted by Gasteiger charge is 2.22. The second kappa shape index (κ2) is 14.1. The Morgan fingerprint density at radius 3 is 2.65 bits per heavy atom. The molecule has 1 amide bonds. The van der Waals surface area contributed by atoms with Gasteiger partial charge in [-0.3, -0.25) is 14.4 Å². The van der Waals surface area contributed by atoms with Crippen LogP contribution in [0.25, 0.3) is 0 Å². The second-order valence-corrected chi connectivity index (χ2v) is 5.32. The molecule has 0 aromatic rings. The van der Waals surface area contributed by atoms with Gasteiger partial charge in [0.2, 0.25) is 5.91 Å². The maximum absolute atomic E-state index is 12.1. The largest absolute Gasteiger partial charge is 0.469 e. The predicted octanol–water partition coefficient (Wildman–Crippen LogP) is 1.45. The van der Waals surface area contributed by atoms with Crippen LogP contribution in [0.15, 0.2) is 0 Å². The number of amides is 1. The maximum Gasteiger partial charge on any atom is 0.305 e. The predicted molar refractivity (Wildman–Crippen MR) is 83.2 cm³/mol. The highest BCUT2D eigenvalue weighted by molar-refractivity contribution is 7.26. The first-order valence-corrected chi connectivity index (χ1v) is 8.08. The van der Waals surface area contributed by atoms with E-state index in [9.17, 15) is 14.4 Å². The first kappa shape index (κ1) is 21.4. The molecule has 0 aliphatic heterocycles. The van der Waals surface area contributed by atoms with Crippen LogP contribution >= 0.6 is 9.03 Å². The first-order chi connectivity index (χ1) is 11.0. The van der Waals surface area contributed by atoms with Crippen molar-refractivity contribution in [3.05, 3.63) is 0 Å². The lowest BCUT2D eigenvalue weighted by molar-refractivity contribution is -0.141. The fraction of sp³-hybridized carbons (Fsp3) is 0.714. The van der Waals surface area contributed by atoms with Crippen LogP contribution in [0.4, 0.5) is 0 Å². The molecule has 0 bridgehead atoms. The molecule has 0 fully saturated rings. The lowest BCUT2D eigenvalue weighted by Crippen LogP contribution is -2.33. The van der Waals surface area contributed by atoms with Crippen molar-refractivity contribution in [1.82, 2.24) is 5.32 Å². The smallest absolute Gasteiger partial charge is 0.305 e. The van der Waals surface area contributed by atoms with E-state index in [0.29, 0.717) is 6.42 Å². The van der Waals surface area contributed by atoms with Gasteiger partial charge in [-0.05, 0) is 6.42 Å². The van der Waals surface area contributed by atoms with Crippen molar-refractivity contribution < 1.29 is 28.2 Å². The summed E-state index contributed by atoms with van der Waals surface area (Å²) in [5, 5.41) is 10.9. The topological polar surface area (TPSA) is 115 Å². The minimum Gasteiger partial charge on any atom is -0.469 e. The standard InChI is InChI=1S/C14H23N2O6P/c1-3-12(17)9-11(5-6-13(18)20-2)14(19)16-10-22-23-21-8-4-7-15/h11,23H,3-6,8-10H2,1-2H3,(H,16,19)/t11-/m1/s1. The van der Waals surface area contributed by atoms with Crippen LogP contribution in [0, 0.1) is 17.2 Å². The average molecular weight is 346 g/mol. The number of carbonyl (C=O) groups is 3. The lowest BCUT2D eigenvalue weighted by atomic mass is 9.95. The summed E-state index contributed by atoms with van der Waals surface area (Å²) in [7, 11) is 0.995. The molecule has 2 atom stereocenters. The molecule has 0 rings (SSSR count). The SMILES string of the molecule is CCC(=O)C[C@@H](CCC(=O)OC)C(=O)NCOPOCCC#N. The number of Topliss-reactive ketones (excluding diaryl/α,β-unsaturated/α-hetero) is 1. The van der Waals surface area contributed by atoms with E-state index >= 15 is 0 Å². The molecule has 8 nitrogen and oxygen atoms in total. The minimum atomic E-state index is -0.590. The third-order valence-electron chi connectivity index (χ3n) is 2.92. The van der Waals surface area contributed by atoms with Crippen LogP contribution < -0.4 is 5.32 Å². The minimum absolute atomic E-state index is 0.0438. The quantitative estimate of drug-likeness (QED) is 0.232. The Balaban J connectivity index is 4.15. The maximum atomic E-state index is 12.1. The van der Waals surface area contributed by atoms with Crippen molar-refractivity contribution in [2.24, 2.45) is 5.92 Å². The van der Waals surface area contributed by atoms with Crippen molar-refractivity contribution in [1.29, 1.82) is 5.26 Å². The molecule has 0 radical (unpaired) electrons. The number of esters is 1. The molecule has 0 saturated heterocycles. The van der Waals surface area contributed by atoms with Gasteiger partial charge in [-0.2, -0.15) is 5.26 Å². The van der Waals surface area contributed by atoms with Crippen LogP contribution in [0.5, 0.6) is 0 Å². The molecular formula is C14H23N2O6P. The molecule has 0 spiro atoms. The van der Waals surface area contributed by atoms with E-state index in [1.54, 1.807) is 6.92 Å². The molecular weight excluding hydrogens is 323 g/mol. The van der Waals surface area contributed by atoms with E-state index in [-0.39, 0.29) is 59.7 Å². The van der Waals surface area contributed by atoms with E-state index in [1.807, 2.05) is 6.07 Å². The third kappa shape index (κ3) is 11.6. The summed E-state index contributed by atoms with van der Waals surface area (Å²) in [5.41, 5.74) is 0. The lowest BCUT2D eigenvalue weighted by Gasteiger charge is -2.15. The molecule has 9 heteroatoms. The van der Waals surface area contributed by atoms with E-state index in [4.69, 9.17) is 14.3 Å². The van der Waals surface area contributed by atoms with Crippen LogP contribution in [0.2, 0.25) is 0 Å². The fourth-order valence-corrected chi connectivity index (χ4v) is 2.00. The number of ether oxygens (including phenoxy) is 1. The fourth-order valence-electron chi connectivity index (χ4n) is 1.60. The molecule has 130 valence electrons. The Morgan fingerprint density at radius 1 is 1.30 bits per heavy atom. The zero-order chi connectivity index (χ0) is 17.5. The first-order valence-electron chi connectivity index (χ1n) is 7.26. The summed E-state index contributed by atoms with van der Waals surface area (Å²) in [4.78, 5) is 34.8. The molecule has 0 saturated carbocycles. The van der Waals surface area contributed by atoms with Gasteiger partial charge in [0, 0.05) is 25.2 Å². The van der Waals surface area contributed by atoms with Crippen LogP contribution in [0.3, 0.4) is 0 Å². The van der Waals surface area contributed by atoms with E-state index < -0.39 is 11.9 Å². The Kier molecular flexibility index (Phi) is 13.1. The van der Waals surface area contributed by atoms with Gasteiger partial charge in [-0.25, -0.2) is 0 Å². The molecule has 1 N–H and O–H groups in total. The van der Waals surface area contributed by atoms with Crippen LogP contribution in [0.1, 0.15) is 39.0 Å². The van der Waals surface area contributed by atoms with Crippen molar-refractivity contribution >= 4 is 26.7 Å². The second-order valence-electron chi connectivity index (χ2n) is 4.58. The Labute approximate surface area is 137 Å². The number of rotatable bonds is 13. The van der Waals surface area contributed by atoms with Crippen LogP contribution in [-0.2, 0) is 28.2 Å². The van der Waals surface area contributed by atoms with Gasteiger partial charge in [0.15, 0.2) is 9.03 Å². The third-order valence-corrected chi connectivity index (χ3v) is 3.50. The summed E-state index contributed by atoms with van der Waals surface area (Å²) >= 11 is 0. The highest BCUT2D eigenvalue weighted by Crippen LogP contribution is 2.15. The van der Waals surface area contributed by atoms with Crippen molar-refractivity contribution in [2.75, 3.05) is 20.4 Å². The normalized spacial score (nSPS) is 11.9. The number of nitrogens with one attached hydrogen (secondary N) is 1. The molecule has 0 heterocycles. The summed E-state index contributed by atoms with van der Waals surface area (Å²) in [6, 6.07) is 1.93. The monoisotopic (exact) mass is 346 g/mol. The van der Waals surface area contributed by atoms with Crippen molar-refractivity contribution in [2.45, 2.75) is 39.0 Å². The van der Waals surface area contributed by atoms with Crippen LogP contribution in [-0.4, -0.2) is 38.1 Å². The van der Waals surface area contributed by atoms with Gasteiger partial charge in [0.25, 0.3) is 0 Å². The van der Waals surface area contributed by atoms with E-state index in [1.165, 1.54) is 7.11 Å². The zero-order valence-corrected chi connectivity index (χ0v) is 14.4. The molecule has 23 heavy (non-hydrogen) atoms. The number of hydrogen-bond acceptors (Lipinski definition) is 7. The zero-order valence-electron chi connectivity index (χ0n) is 13.4. The summed E-state index contributed by atoms with van der Waals surface area (Å²) in [6.07, 6.45) is 1.01. The number of carbonyl (C=O) groups excluding carboxylic acids is 3. The number of nitriles is 1. The number of nitrogens with zero attached hydrogens (tertiary/aromatic N) is 1. The van der Waals surface area contributed by atoms with Gasteiger partial charge in [0.1, 0.15) is 12.5 Å². The number of ketones is 1. The molecule has 1 unspecified atom stereocenters. The molecule has 0 aromatic heterocycles. The van der Waals surface area contributed by atoms with Crippen molar-refractivity contribution in [3.63, 3.8) is 0 Å². The van der Waals surface area contributed by atoms with Gasteiger partial charge < -0.3 is 19.1 Å².